The van der Waals surface area contributed by atoms with E-state index in [2.05, 4.69) is 37.8 Å². The van der Waals surface area contributed by atoms with Crippen molar-refractivity contribution in [2.24, 2.45) is 11.3 Å². The largest absolute Gasteiger partial charge is 0.360 e. The molecule has 4 heteroatoms. The number of hydrogen-bond acceptors (Lipinski definition) is 3. The van der Waals surface area contributed by atoms with Crippen molar-refractivity contribution in [3.05, 3.63) is 0 Å². The van der Waals surface area contributed by atoms with Crippen molar-refractivity contribution in [1.29, 1.82) is 0 Å². The van der Waals surface area contributed by atoms with Crippen molar-refractivity contribution >= 4 is 24.2 Å². The van der Waals surface area contributed by atoms with Crippen LogP contribution in [-0.2, 0) is 4.74 Å². The van der Waals surface area contributed by atoms with Crippen LogP contribution in [0.5, 0.6) is 0 Å². The topological polar surface area (TPSA) is 21.3 Å². The molecule has 2 saturated heterocycles. The molecule has 0 radical (unpaired) electrons. The number of rotatable bonds is 1. The highest BCUT2D eigenvalue weighted by molar-refractivity contribution is 7.99. The van der Waals surface area contributed by atoms with Crippen molar-refractivity contribution < 1.29 is 4.74 Å². The molecule has 0 aliphatic carbocycles. The summed E-state index contributed by atoms with van der Waals surface area (Å²) in [4.78, 5) is 0. The van der Waals surface area contributed by atoms with Crippen molar-refractivity contribution in [2.45, 2.75) is 32.9 Å². The fourth-order valence-corrected chi connectivity index (χ4v) is 3.48. The number of nitrogens with one attached hydrogen (secondary N) is 1. The summed E-state index contributed by atoms with van der Waals surface area (Å²) in [5.74, 6) is 3.25. The second-order valence-corrected chi connectivity index (χ2v) is 6.62. The molecule has 90 valence electrons. The van der Waals surface area contributed by atoms with Gasteiger partial charge in [-0.25, -0.2) is 0 Å². The third-order valence-electron chi connectivity index (χ3n) is 3.39. The van der Waals surface area contributed by atoms with Crippen molar-refractivity contribution in [2.75, 3.05) is 24.7 Å². The molecule has 0 spiro atoms. The molecule has 2 heterocycles. The van der Waals surface area contributed by atoms with Crippen LogP contribution in [0.15, 0.2) is 0 Å². The molecule has 1 N–H and O–H groups in total. The predicted octanol–water partition coefficient (Wildman–Crippen LogP) is 2.52. The summed E-state index contributed by atoms with van der Waals surface area (Å²) in [6.07, 6.45) is 1.30. The Morgan fingerprint density at radius 2 is 2.07 bits per heavy atom. The minimum atomic E-state index is -0.0565. The summed E-state index contributed by atoms with van der Waals surface area (Å²) in [5.41, 5.74) is 0.240. The highest BCUT2D eigenvalue weighted by Crippen LogP contribution is 2.36. The van der Waals surface area contributed by atoms with E-state index in [1.165, 1.54) is 17.9 Å². The fraction of sp³-hybridized carbons (Fsp3) is 1.00. The summed E-state index contributed by atoms with van der Waals surface area (Å²) in [6.45, 7) is 8.69. The van der Waals surface area contributed by atoms with Crippen LogP contribution in [0.1, 0.15) is 27.2 Å². The number of ether oxygens (including phenoxy) is 1. The maximum Gasteiger partial charge on any atom is 0.120 e. The third kappa shape index (κ3) is 3.02. The molecule has 0 saturated carbocycles. The normalized spacial score (nSPS) is 39.8. The zero-order valence-electron chi connectivity index (χ0n) is 9.84. The van der Waals surface area contributed by atoms with E-state index < -0.39 is 0 Å². The molecule has 2 atom stereocenters. The van der Waals surface area contributed by atoms with Gasteiger partial charge in [-0.1, -0.05) is 13.8 Å². The van der Waals surface area contributed by atoms with Gasteiger partial charge < -0.3 is 4.74 Å². The van der Waals surface area contributed by atoms with E-state index in [1.54, 1.807) is 0 Å². The Kier molecular flexibility index (Phi) is 4.38. The van der Waals surface area contributed by atoms with Crippen LogP contribution in [-0.4, -0.2) is 30.4 Å². The molecule has 0 bridgehead atoms. The van der Waals surface area contributed by atoms with Crippen LogP contribution >= 0.6 is 24.2 Å². The van der Waals surface area contributed by atoms with Crippen LogP contribution in [0, 0.1) is 11.3 Å². The van der Waals surface area contributed by atoms with Crippen LogP contribution in [0.3, 0.4) is 0 Å². The van der Waals surface area contributed by atoms with Gasteiger partial charge in [-0.2, -0.15) is 11.8 Å². The minimum Gasteiger partial charge on any atom is -0.360 e. The Bertz CT molecular complexity index is 207. The summed E-state index contributed by atoms with van der Waals surface area (Å²) in [5, 5.41) is 3.59. The first-order valence-corrected chi connectivity index (χ1v) is 6.64. The van der Waals surface area contributed by atoms with Gasteiger partial charge in [0.15, 0.2) is 0 Å². The number of halogens is 1. The molecular weight excluding hydrogens is 230 g/mol. The Balaban J connectivity index is 0.00000112. The van der Waals surface area contributed by atoms with Crippen LogP contribution in [0.2, 0.25) is 0 Å². The Hall–Kier alpha value is 0.560. The molecule has 2 aliphatic rings. The lowest BCUT2D eigenvalue weighted by molar-refractivity contribution is -0.151. The molecule has 2 nitrogen and oxygen atoms in total. The van der Waals surface area contributed by atoms with Gasteiger partial charge in [-0.15, -0.1) is 12.4 Å². The van der Waals surface area contributed by atoms with E-state index >= 15 is 0 Å². The van der Waals surface area contributed by atoms with Crippen LogP contribution in [0.25, 0.3) is 0 Å². The Labute approximate surface area is 103 Å². The van der Waals surface area contributed by atoms with Gasteiger partial charge >= 0.3 is 0 Å². The molecule has 0 aromatic carbocycles. The van der Waals surface area contributed by atoms with E-state index in [0.717, 1.165) is 13.2 Å². The van der Waals surface area contributed by atoms with Crippen LogP contribution < -0.4 is 5.32 Å². The van der Waals surface area contributed by atoms with Crippen molar-refractivity contribution in [1.82, 2.24) is 5.32 Å². The SMILES string of the molecule is CC1(C)CNC(C)(C2CCSC2)OC1.Cl. The van der Waals surface area contributed by atoms with Crippen molar-refractivity contribution in [3.8, 4) is 0 Å². The molecule has 0 amide bonds. The van der Waals surface area contributed by atoms with Gasteiger partial charge in [0.1, 0.15) is 5.72 Å². The molecule has 2 fully saturated rings. The Morgan fingerprint density at radius 3 is 2.53 bits per heavy atom. The van der Waals surface area contributed by atoms with Crippen LogP contribution in [0.4, 0.5) is 0 Å². The number of hydrogen-bond donors (Lipinski definition) is 1. The third-order valence-corrected chi connectivity index (χ3v) is 4.55. The molecule has 2 aliphatic heterocycles. The van der Waals surface area contributed by atoms with E-state index in [0.29, 0.717) is 11.3 Å². The zero-order chi connectivity index (χ0) is 10.2. The number of thioether (sulfide) groups is 1. The maximum atomic E-state index is 6.04. The first kappa shape index (κ1) is 13.6. The molecular formula is C11H22ClNOS. The average molecular weight is 252 g/mol. The lowest BCUT2D eigenvalue weighted by atomic mass is 9.88. The summed E-state index contributed by atoms with van der Waals surface area (Å²) < 4.78 is 6.04. The van der Waals surface area contributed by atoms with E-state index in [-0.39, 0.29) is 18.1 Å². The van der Waals surface area contributed by atoms with E-state index in [4.69, 9.17) is 4.74 Å². The Morgan fingerprint density at radius 1 is 1.33 bits per heavy atom. The second kappa shape index (κ2) is 4.82. The first-order valence-electron chi connectivity index (χ1n) is 5.49. The molecule has 2 rings (SSSR count). The zero-order valence-corrected chi connectivity index (χ0v) is 11.5. The van der Waals surface area contributed by atoms with Gasteiger partial charge in [-0.3, -0.25) is 5.32 Å². The summed E-state index contributed by atoms with van der Waals surface area (Å²) >= 11 is 2.05. The molecule has 2 unspecified atom stereocenters. The first-order chi connectivity index (χ1) is 6.52. The summed E-state index contributed by atoms with van der Waals surface area (Å²) in [7, 11) is 0. The minimum absolute atomic E-state index is 0. The van der Waals surface area contributed by atoms with Crippen molar-refractivity contribution in [3.63, 3.8) is 0 Å². The lowest BCUT2D eigenvalue weighted by Gasteiger charge is -2.45. The molecule has 0 aromatic heterocycles. The second-order valence-electron chi connectivity index (χ2n) is 5.47. The van der Waals surface area contributed by atoms with Gasteiger partial charge in [0.05, 0.1) is 6.61 Å². The monoisotopic (exact) mass is 251 g/mol. The van der Waals surface area contributed by atoms with E-state index in [9.17, 15) is 0 Å². The summed E-state index contributed by atoms with van der Waals surface area (Å²) in [6, 6.07) is 0. The molecule has 0 aromatic rings. The highest BCUT2D eigenvalue weighted by atomic mass is 35.5. The van der Waals surface area contributed by atoms with Gasteiger partial charge in [0, 0.05) is 23.6 Å². The predicted molar refractivity (Wildman–Crippen MR) is 68.8 cm³/mol. The standard InChI is InChI=1S/C11H21NOS.ClH/c1-10(2)7-12-11(3,13-8-10)9-4-5-14-6-9;/h9,12H,4-8H2,1-3H3;1H. The van der Waals surface area contributed by atoms with Gasteiger partial charge in [0.25, 0.3) is 0 Å². The molecule has 15 heavy (non-hydrogen) atoms. The average Bonchev–Trinajstić information content (AvgIpc) is 2.64. The van der Waals surface area contributed by atoms with Gasteiger partial charge in [-0.05, 0) is 19.1 Å². The smallest absolute Gasteiger partial charge is 0.120 e. The van der Waals surface area contributed by atoms with E-state index in [1.807, 2.05) is 0 Å². The maximum absolute atomic E-state index is 6.04. The quantitative estimate of drug-likeness (QED) is 0.774. The van der Waals surface area contributed by atoms with Gasteiger partial charge in [0.2, 0.25) is 0 Å². The highest BCUT2D eigenvalue weighted by Gasteiger charge is 2.42. The fourth-order valence-electron chi connectivity index (χ4n) is 2.09. The lowest BCUT2D eigenvalue weighted by Crippen LogP contribution is -2.59.